The Morgan fingerprint density at radius 3 is 1.78 bits per heavy atom. The predicted octanol–water partition coefficient (Wildman–Crippen LogP) is 2.76. The highest BCUT2D eigenvalue weighted by molar-refractivity contribution is 5.27. The minimum atomic E-state index is 0.805. The van der Waals surface area contributed by atoms with Gasteiger partial charge in [-0.15, -0.1) is 5.73 Å². The summed E-state index contributed by atoms with van der Waals surface area (Å²) in [6.07, 6.45) is 0. The van der Waals surface area contributed by atoms with Gasteiger partial charge >= 0.3 is 0 Å². The van der Waals surface area contributed by atoms with E-state index in [4.69, 9.17) is 0 Å². The van der Waals surface area contributed by atoms with E-state index in [0.29, 0.717) is 0 Å². The zero-order valence-corrected chi connectivity index (χ0v) is 6.65. The monoisotopic (exact) mass is 122 g/mol. The van der Waals surface area contributed by atoms with Crippen LogP contribution >= 0.6 is 0 Å². The van der Waals surface area contributed by atoms with Crippen molar-refractivity contribution < 1.29 is 0 Å². The van der Waals surface area contributed by atoms with E-state index >= 15 is 0 Å². The summed E-state index contributed by atoms with van der Waals surface area (Å²) >= 11 is 0. The highest BCUT2D eigenvalue weighted by Gasteiger charge is 2.35. The van der Waals surface area contributed by atoms with E-state index in [2.05, 4.69) is 33.4 Å². The Hall–Kier alpha value is -0.480. The molecule has 0 aromatic carbocycles. The lowest BCUT2D eigenvalue weighted by Crippen LogP contribution is -1.58. The van der Waals surface area contributed by atoms with E-state index in [-0.39, 0.29) is 0 Å². The molecule has 50 valence electrons. The molecule has 1 aliphatic rings. The van der Waals surface area contributed by atoms with Crippen LogP contribution in [0, 0.1) is 11.8 Å². The molecule has 0 spiro atoms. The fourth-order valence-corrected chi connectivity index (χ4v) is 1.08. The first-order valence-corrected chi connectivity index (χ1v) is 3.57. The Balaban J connectivity index is 2.79. The normalized spacial score (nSPS) is 31.8. The molecule has 0 saturated heterocycles. The maximum Gasteiger partial charge on any atom is -0.00834 e. The smallest absolute Gasteiger partial charge is 0.00834 e. The van der Waals surface area contributed by atoms with Gasteiger partial charge in [0.1, 0.15) is 0 Å². The van der Waals surface area contributed by atoms with Crippen LogP contribution < -0.4 is 0 Å². The minimum absolute atomic E-state index is 0.805. The summed E-state index contributed by atoms with van der Waals surface area (Å²) in [6.45, 7) is 8.72. The summed E-state index contributed by atoms with van der Waals surface area (Å²) in [5.41, 5.74) is 6.17. The van der Waals surface area contributed by atoms with Crippen LogP contribution in [0.25, 0.3) is 0 Å². The molecule has 1 rings (SSSR count). The second-order valence-corrected chi connectivity index (χ2v) is 3.16. The summed E-state index contributed by atoms with van der Waals surface area (Å²) in [5.74, 6) is 1.61. The SMILES string of the molecule is CC(C)=C=C1[C@H](C)[C@H]1C. The van der Waals surface area contributed by atoms with Crippen molar-refractivity contribution in [1.82, 2.24) is 0 Å². The van der Waals surface area contributed by atoms with Gasteiger partial charge in [-0.25, -0.2) is 0 Å². The summed E-state index contributed by atoms with van der Waals surface area (Å²) in [6, 6.07) is 0. The molecule has 0 unspecified atom stereocenters. The van der Waals surface area contributed by atoms with Crippen LogP contribution in [-0.4, -0.2) is 0 Å². The lowest BCUT2D eigenvalue weighted by Gasteiger charge is -1.73. The highest BCUT2D eigenvalue weighted by Crippen LogP contribution is 2.43. The molecular formula is C9H14. The van der Waals surface area contributed by atoms with E-state index in [1.165, 1.54) is 11.1 Å². The number of hydrogen-bond donors (Lipinski definition) is 0. The van der Waals surface area contributed by atoms with Crippen molar-refractivity contribution in [2.45, 2.75) is 27.7 Å². The Morgan fingerprint density at radius 1 is 1.22 bits per heavy atom. The van der Waals surface area contributed by atoms with Gasteiger partial charge in [-0.05, 0) is 36.8 Å². The predicted molar refractivity (Wildman–Crippen MR) is 40.2 cm³/mol. The molecule has 1 fully saturated rings. The number of hydrogen-bond acceptors (Lipinski definition) is 0. The molecule has 0 heteroatoms. The van der Waals surface area contributed by atoms with Crippen LogP contribution in [0.3, 0.4) is 0 Å². The van der Waals surface area contributed by atoms with Crippen LogP contribution in [0.1, 0.15) is 27.7 Å². The molecule has 0 aliphatic heterocycles. The third kappa shape index (κ3) is 1.25. The molecule has 0 radical (unpaired) electrons. The van der Waals surface area contributed by atoms with Crippen molar-refractivity contribution in [3.8, 4) is 0 Å². The molecule has 0 bridgehead atoms. The Morgan fingerprint density at radius 2 is 1.67 bits per heavy atom. The molecule has 0 aromatic heterocycles. The molecule has 1 saturated carbocycles. The van der Waals surface area contributed by atoms with Gasteiger partial charge in [0, 0.05) is 0 Å². The van der Waals surface area contributed by atoms with Gasteiger partial charge in [0.2, 0.25) is 0 Å². The molecule has 0 nitrogen and oxygen atoms in total. The van der Waals surface area contributed by atoms with Gasteiger partial charge in [0.05, 0.1) is 0 Å². The van der Waals surface area contributed by atoms with E-state index in [0.717, 1.165) is 11.8 Å². The summed E-state index contributed by atoms with van der Waals surface area (Å²) in [7, 11) is 0. The van der Waals surface area contributed by atoms with Crippen LogP contribution in [0.2, 0.25) is 0 Å². The lowest BCUT2D eigenvalue weighted by molar-refractivity contribution is 0.834. The van der Waals surface area contributed by atoms with Crippen LogP contribution in [0.5, 0.6) is 0 Å². The molecule has 0 amide bonds. The first-order valence-electron chi connectivity index (χ1n) is 3.57. The van der Waals surface area contributed by atoms with Crippen molar-refractivity contribution in [3.63, 3.8) is 0 Å². The zero-order chi connectivity index (χ0) is 7.02. The zero-order valence-electron chi connectivity index (χ0n) is 6.65. The minimum Gasteiger partial charge on any atom is -0.123 e. The quantitative estimate of drug-likeness (QED) is 0.433. The van der Waals surface area contributed by atoms with Crippen LogP contribution in [-0.2, 0) is 0 Å². The van der Waals surface area contributed by atoms with Gasteiger partial charge < -0.3 is 0 Å². The van der Waals surface area contributed by atoms with Crippen molar-refractivity contribution in [3.05, 3.63) is 16.9 Å². The molecular weight excluding hydrogens is 108 g/mol. The number of rotatable bonds is 0. The van der Waals surface area contributed by atoms with Crippen molar-refractivity contribution >= 4 is 0 Å². The molecule has 9 heavy (non-hydrogen) atoms. The molecule has 0 heterocycles. The number of allylic oxidation sites excluding steroid dienone is 1. The summed E-state index contributed by atoms with van der Waals surface area (Å²) in [5, 5.41) is 0. The summed E-state index contributed by atoms with van der Waals surface area (Å²) < 4.78 is 0. The average Bonchev–Trinajstić information content (AvgIpc) is 2.22. The largest absolute Gasteiger partial charge is 0.123 e. The topological polar surface area (TPSA) is 0 Å². The third-order valence-corrected chi connectivity index (χ3v) is 2.02. The van der Waals surface area contributed by atoms with Gasteiger partial charge in [0.15, 0.2) is 0 Å². The van der Waals surface area contributed by atoms with Crippen molar-refractivity contribution in [2.24, 2.45) is 11.8 Å². The van der Waals surface area contributed by atoms with E-state index in [1.54, 1.807) is 0 Å². The van der Waals surface area contributed by atoms with Crippen molar-refractivity contribution in [2.75, 3.05) is 0 Å². The fourth-order valence-electron chi connectivity index (χ4n) is 1.08. The van der Waals surface area contributed by atoms with E-state index in [9.17, 15) is 0 Å². The average molecular weight is 122 g/mol. The third-order valence-electron chi connectivity index (χ3n) is 2.02. The van der Waals surface area contributed by atoms with Crippen molar-refractivity contribution in [1.29, 1.82) is 0 Å². The molecule has 0 aromatic rings. The van der Waals surface area contributed by atoms with E-state index < -0.39 is 0 Å². The molecule has 2 atom stereocenters. The van der Waals surface area contributed by atoms with Gasteiger partial charge in [-0.3, -0.25) is 0 Å². The molecule has 0 N–H and O–H groups in total. The maximum atomic E-state index is 3.35. The molecule has 1 aliphatic carbocycles. The Labute approximate surface area is 57.3 Å². The first kappa shape index (κ1) is 6.64. The van der Waals surface area contributed by atoms with Gasteiger partial charge in [0.25, 0.3) is 0 Å². The second kappa shape index (κ2) is 2.04. The van der Waals surface area contributed by atoms with E-state index in [1.807, 2.05) is 0 Å². The highest BCUT2D eigenvalue weighted by atomic mass is 14.4. The fraction of sp³-hybridized carbons (Fsp3) is 0.667. The second-order valence-electron chi connectivity index (χ2n) is 3.16. The maximum absolute atomic E-state index is 3.35. The van der Waals surface area contributed by atoms with Gasteiger partial charge in [-0.2, -0.15) is 0 Å². The lowest BCUT2D eigenvalue weighted by atomic mass is 10.3. The van der Waals surface area contributed by atoms with Crippen LogP contribution in [0.4, 0.5) is 0 Å². The Kier molecular flexibility index (Phi) is 1.50. The Bertz CT molecular complexity index is 166. The van der Waals surface area contributed by atoms with Gasteiger partial charge in [-0.1, -0.05) is 13.8 Å². The first-order chi connectivity index (χ1) is 4.13. The summed E-state index contributed by atoms with van der Waals surface area (Å²) in [4.78, 5) is 0. The van der Waals surface area contributed by atoms with Crippen LogP contribution in [0.15, 0.2) is 16.9 Å². The standard InChI is InChI=1S/C9H14/c1-6(2)5-9-7(3)8(9)4/h7-8H,1-4H3/t7-,8-/m1/s1.